The number of carbonyl (C=O) groups excluding carboxylic acids is 1. The van der Waals surface area contributed by atoms with Crippen LogP contribution < -0.4 is 11.1 Å². The molecule has 0 bridgehead atoms. The average Bonchev–Trinajstić information content (AvgIpc) is 3.48. The van der Waals surface area contributed by atoms with Gasteiger partial charge in [0, 0.05) is 41.9 Å². The second-order valence-electron chi connectivity index (χ2n) is 11.2. The molecule has 0 saturated heterocycles. The highest BCUT2D eigenvalue weighted by Crippen LogP contribution is 2.43. The number of imidazole rings is 1. The number of amides is 1. The highest BCUT2D eigenvalue weighted by Gasteiger charge is 2.39. The van der Waals surface area contributed by atoms with Gasteiger partial charge in [0.2, 0.25) is 0 Å². The normalized spacial score (nSPS) is 11.9. The molecule has 5 rings (SSSR count). The lowest BCUT2D eigenvalue weighted by atomic mass is 10.0. The highest BCUT2D eigenvalue weighted by molar-refractivity contribution is 5.94. The molecule has 262 valence electrons. The Hall–Kier alpha value is -4.98. The molecule has 0 saturated carbocycles. The van der Waals surface area contributed by atoms with Crippen LogP contribution in [-0.4, -0.2) is 55.0 Å². The van der Waals surface area contributed by atoms with E-state index in [2.05, 4.69) is 5.32 Å². The van der Waals surface area contributed by atoms with Crippen molar-refractivity contribution in [2.24, 2.45) is 5.73 Å². The number of nitrogens with one attached hydrogen (secondary N) is 1. The van der Waals surface area contributed by atoms with Gasteiger partial charge in [0.1, 0.15) is 5.82 Å². The van der Waals surface area contributed by atoms with Crippen molar-refractivity contribution in [3.63, 3.8) is 0 Å². The van der Waals surface area contributed by atoms with Crippen molar-refractivity contribution in [1.82, 2.24) is 14.9 Å². The Morgan fingerprint density at radius 3 is 1.96 bits per heavy atom. The molecule has 0 aliphatic rings. The van der Waals surface area contributed by atoms with Gasteiger partial charge < -0.3 is 25.1 Å². The van der Waals surface area contributed by atoms with Crippen molar-refractivity contribution in [2.75, 3.05) is 39.5 Å². The Morgan fingerprint density at radius 2 is 1.36 bits per heavy atom. The number of ether oxygens (including phenoxy) is 2. The van der Waals surface area contributed by atoms with Gasteiger partial charge in [0.05, 0.1) is 48.9 Å². The fourth-order valence-corrected chi connectivity index (χ4v) is 5.34. The third-order valence-corrected chi connectivity index (χ3v) is 7.68. The van der Waals surface area contributed by atoms with Crippen LogP contribution >= 0.6 is 0 Å². The predicted octanol–water partition coefficient (Wildman–Crippen LogP) is 7.69. The summed E-state index contributed by atoms with van der Waals surface area (Å²) in [5.41, 5.74) is 4.99. The quantitative estimate of drug-likeness (QED) is 0.0918. The Labute approximate surface area is 284 Å². The first-order valence-electron chi connectivity index (χ1n) is 15.7. The second kappa shape index (κ2) is 16.2. The van der Waals surface area contributed by atoms with Crippen molar-refractivity contribution in [3.05, 3.63) is 125 Å². The molecule has 0 atom stereocenters. The maximum Gasteiger partial charge on any atom is 0.417 e. The number of halogens is 6. The van der Waals surface area contributed by atoms with Crippen LogP contribution in [0, 0.1) is 0 Å². The first-order chi connectivity index (χ1) is 24.0. The molecule has 7 nitrogen and oxygen atoms in total. The first kappa shape index (κ1) is 36.3. The molecule has 4 aromatic carbocycles. The SMILES string of the molecule is NCCOCCOCCNC(=O)c1ccc(Cn2c(-c3ccc(C(F)(F)F)cc3C(F)(F)F)nc(-c3ccccc3)c2-c2ccccc2)cc1. The summed E-state index contributed by atoms with van der Waals surface area (Å²) in [6.07, 6.45) is -10.1. The number of nitrogens with two attached hydrogens (primary N) is 1. The fraction of sp³-hybridized carbons (Fsp3) is 0.243. The zero-order valence-corrected chi connectivity index (χ0v) is 26.7. The second-order valence-corrected chi connectivity index (χ2v) is 11.2. The van der Waals surface area contributed by atoms with Gasteiger partial charge in [0.25, 0.3) is 5.91 Å². The molecule has 1 aromatic heterocycles. The number of carbonyl (C=O) groups is 1. The molecule has 1 amide bonds. The van der Waals surface area contributed by atoms with Crippen LogP contribution in [0.1, 0.15) is 27.0 Å². The van der Waals surface area contributed by atoms with Crippen LogP contribution in [0.3, 0.4) is 0 Å². The summed E-state index contributed by atoms with van der Waals surface area (Å²) in [5.74, 6) is -0.516. The largest absolute Gasteiger partial charge is 0.417 e. The van der Waals surface area contributed by atoms with E-state index in [-0.39, 0.29) is 37.5 Å². The predicted molar refractivity (Wildman–Crippen MR) is 177 cm³/mol. The van der Waals surface area contributed by atoms with Crippen molar-refractivity contribution in [2.45, 2.75) is 18.9 Å². The Balaban J connectivity index is 1.53. The number of hydrogen-bond acceptors (Lipinski definition) is 5. The van der Waals surface area contributed by atoms with Gasteiger partial charge >= 0.3 is 12.4 Å². The maximum atomic E-state index is 14.5. The molecule has 13 heteroatoms. The molecule has 50 heavy (non-hydrogen) atoms. The number of rotatable bonds is 14. The molecule has 0 fully saturated rings. The Bertz CT molecular complexity index is 1860. The molecular formula is C37H34F6N4O3. The van der Waals surface area contributed by atoms with Crippen molar-refractivity contribution in [3.8, 4) is 33.9 Å². The molecular weight excluding hydrogens is 662 g/mol. The summed E-state index contributed by atoms with van der Waals surface area (Å²) in [7, 11) is 0. The van der Waals surface area contributed by atoms with E-state index in [0.717, 1.165) is 6.07 Å². The Kier molecular flexibility index (Phi) is 11.7. The van der Waals surface area contributed by atoms with E-state index in [9.17, 15) is 31.1 Å². The number of alkyl halides is 6. The van der Waals surface area contributed by atoms with E-state index < -0.39 is 29.0 Å². The molecule has 1 heterocycles. The van der Waals surface area contributed by atoms with E-state index >= 15 is 0 Å². The van der Waals surface area contributed by atoms with Crippen LogP contribution in [-0.2, 0) is 28.4 Å². The number of nitrogens with zero attached hydrogens (tertiary/aromatic N) is 2. The van der Waals surface area contributed by atoms with Crippen LogP contribution in [0.25, 0.3) is 33.9 Å². The lowest BCUT2D eigenvalue weighted by molar-refractivity contribution is -0.142. The van der Waals surface area contributed by atoms with Gasteiger partial charge in [-0.15, -0.1) is 0 Å². The molecule has 0 unspecified atom stereocenters. The van der Waals surface area contributed by atoms with Crippen LogP contribution in [0.5, 0.6) is 0 Å². The standard InChI is InChI=1S/C37H34F6N4O3/c38-36(39,40)29-15-16-30(31(23-29)37(41,42)43)34-46-32(26-7-3-1-4-8-26)33(27-9-5-2-6-10-27)47(34)24-25-11-13-28(14-12-25)35(48)45-18-20-50-22-21-49-19-17-44/h1-16,23H,17-22,24,44H2,(H,45,48). The van der Waals surface area contributed by atoms with Gasteiger partial charge in [-0.2, -0.15) is 26.3 Å². The summed E-state index contributed by atoms with van der Waals surface area (Å²) in [5, 5.41) is 2.76. The summed E-state index contributed by atoms with van der Waals surface area (Å²) in [4.78, 5) is 17.4. The van der Waals surface area contributed by atoms with Gasteiger partial charge in [-0.1, -0.05) is 78.9 Å². The van der Waals surface area contributed by atoms with Gasteiger partial charge in [0.15, 0.2) is 0 Å². The minimum absolute atomic E-state index is 0.0142. The van der Waals surface area contributed by atoms with Crippen molar-refractivity contribution < 1.29 is 40.6 Å². The summed E-state index contributed by atoms with van der Waals surface area (Å²) >= 11 is 0. The number of benzene rings is 4. The minimum Gasteiger partial charge on any atom is -0.378 e. The van der Waals surface area contributed by atoms with Gasteiger partial charge in [-0.3, -0.25) is 4.79 Å². The van der Waals surface area contributed by atoms with Crippen LogP contribution in [0.15, 0.2) is 103 Å². The number of hydrogen-bond donors (Lipinski definition) is 2. The average molecular weight is 697 g/mol. The molecule has 3 N–H and O–H groups in total. The minimum atomic E-state index is -5.12. The molecule has 0 aliphatic heterocycles. The summed E-state index contributed by atoms with van der Waals surface area (Å²) in [6, 6.07) is 25.8. The zero-order chi connectivity index (χ0) is 35.7. The summed E-state index contributed by atoms with van der Waals surface area (Å²) < 4.78 is 96.4. The number of aromatic nitrogens is 2. The van der Waals surface area contributed by atoms with Crippen LogP contribution in [0.2, 0.25) is 0 Å². The maximum absolute atomic E-state index is 14.5. The smallest absolute Gasteiger partial charge is 0.378 e. The first-order valence-corrected chi connectivity index (χ1v) is 15.7. The van der Waals surface area contributed by atoms with E-state index in [0.29, 0.717) is 66.1 Å². The van der Waals surface area contributed by atoms with E-state index in [1.165, 1.54) is 0 Å². The van der Waals surface area contributed by atoms with Crippen LogP contribution in [0.4, 0.5) is 26.3 Å². The van der Waals surface area contributed by atoms with E-state index in [4.69, 9.17) is 20.2 Å². The third-order valence-electron chi connectivity index (χ3n) is 7.68. The zero-order valence-electron chi connectivity index (χ0n) is 26.7. The molecule has 0 radical (unpaired) electrons. The third kappa shape index (κ3) is 8.97. The molecule has 5 aromatic rings. The molecule has 0 spiro atoms. The van der Waals surface area contributed by atoms with E-state index in [1.54, 1.807) is 89.5 Å². The van der Waals surface area contributed by atoms with Crippen molar-refractivity contribution >= 4 is 5.91 Å². The molecule has 0 aliphatic carbocycles. The van der Waals surface area contributed by atoms with Gasteiger partial charge in [-0.05, 0) is 29.8 Å². The lowest BCUT2D eigenvalue weighted by Crippen LogP contribution is -2.27. The summed E-state index contributed by atoms with van der Waals surface area (Å²) in [6.45, 7) is 2.11. The van der Waals surface area contributed by atoms with Gasteiger partial charge in [-0.25, -0.2) is 4.98 Å². The highest BCUT2D eigenvalue weighted by atomic mass is 19.4. The van der Waals surface area contributed by atoms with Crippen molar-refractivity contribution in [1.29, 1.82) is 0 Å². The monoisotopic (exact) mass is 696 g/mol. The fourth-order valence-electron chi connectivity index (χ4n) is 5.34. The van der Waals surface area contributed by atoms with E-state index in [1.807, 2.05) is 0 Å². The topological polar surface area (TPSA) is 91.4 Å². The Morgan fingerprint density at radius 1 is 0.740 bits per heavy atom. The lowest BCUT2D eigenvalue weighted by Gasteiger charge is -2.18.